The number of pyridine rings is 1. The second-order valence-electron chi connectivity index (χ2n) is 7.04. The smallest absolute Gasteiger partial charge is 0.275 e. The Morgan fingerprint density at radius 2 is 2.10 bits per heavy atom. The van der Waals surface area contributed by atoms with Gasteiger partial charge in [-0.25, -0.2) is 4.98 Å². The first-order valence-corrected chi connectivity index (χ1v) is 9.87. The van der Waals surface area contributed by atoms with Gasteiger partial charge in [0.2, 0.25) is 0 Å². The monoisotopic (exact) mass is 419 g/mol. The normalized spacial score (nSPS) is 11.4. The molecule has 0 bridgehead atoms. The fourth-order valence-corrected chi connectivity index (χ4v) is 3.96. The summed E-state index contributed by atoms with van der Waals surface area (Å²) in [5, 5.41) is 16.4. The van der Waals surface area contributed by atoms with Gasteiger partial charge in [0.1, 0.15) is 11.3 Å². The lowest BCUT2D eigenvalue weighted by molar-refractivity contribution is 0.101. The summed E-state index contributed by atoms with van der Waals surface area (Å²) in [4.78, 5) is 20.7. The van der Waals surface area contributed by atoms with Crippen LogP contribution in [0.3, 0.4) is 0 Å². The minimum absolute atomic E-state index is 0.313. The van der Waals surface area contributed by atoms with Crippen LogP contribution in [0.2, 0.25) is 5.02 Å². The molecule has 8 nitrogen and oxygen atoms in total. The summed E-state index contributed by atoms with van der Waals surface area (Å²) in [6.07, 6.45) is 4.93. The maximum atomic E-state index is 13.0. The van der Waals surface area contributed by atoms with Crippen LogP contribution in [-0.4, -0.2) is 35.9 Å². The standard InChI is InChI=1S/C21H18ClN7O/c1-3-29-19(16(22)10-25-29)21(30)27-17-7-12(8-18-15(17)9-24-28-18)13-4-5-23-20-14(13)6-11(2)26-20/h4-10H,3H2,1-2H3,(H,23,26)(H,24,28)(H,27,30). The van der Waals surface area contributed by atoms with Crippen molar-refractivity contribution in [1.29, 1.82) is 0 Å². The number of halogens is 1. The van der Waals surface area contributed by atoms with Gasteiger partial charge in [-0.05, 0) is 49.2 Å². The number of aromatic amines is 2. The fraction of sp³-hybridized carbons (Fsp3) is 0.143. The van der Waals surface area contributed by atoms with Crippen LogP contribution in [0.25, 0.3) is 33.1 Å². The Balaban J connectivity index is 1.63. The zero-order valence-corrected chi connectivity index (χ0v) is 17.1. The first-order chi connectivity index (χ1) is 14.5. The maximum Gasteiger partial charge on any atom is 0.275 e. The second kappa shape index (κ2) is 7.00. The first kappa shape index (κ1) is 18.4. The van der Waals surface area contributed by atoms with Crippen LogP contribution in [0.4, 0.5) is 5.69 Å². The number of carbonyl (C=O) groups excluding carboxylic acids is 1. The van der Waals surface area contributed by atoms with Crippen molar-refractivity contribution in [2.45, 2.75) is 20.4 Å². The molecule has 0 radical (unpaired) electrons. The van der Waals surface area contributed by atoms with Crippen molar-refractivity contribution in [3.63, 3.8) is 0 Å². The Bertz CT molecular complexity index is 1410. The molecule has 0 unspecified atom stereocenters. The molecule has 0 aliphatic heterocycles. The Kier molecular flexibility index (Phi) is 4.29. The zero-order chi connectivity index (χ0) is 20.8. The highest BCUT2D eigenvalue weighted by Crippen LogP contribution is 2.34. The third-order valence-corrected chi connectivity index (χ3v) is 5.37. The quantitative estimate of drug-likeness (QED) is 0.397. The van der Waals surface area contributed by atoms with Gasteiger partial charge < -0.3 is 10.3 Å². The Labute approximate surface area is 176 Å². The molecule has 0 spiro atoms. The highest BCUT2D eigenvalue weighted by molar-refractivity contribution is 6.34. The predicted molar refractivity (Wildman–Crippen MR) is 117 cm³/mol. The molecule has 0 aliphatic carbocycles. The number of aromatic nitrogens is 6. The van der Waals surface area contributed by atoms with Crippen LogP contribution in [0.5, 0.6) is 0 Å². The molecule has 0 fully saturated rings. The van der Waals surface area contributed by atoms with Gasteiger partial charge in [-0.15, -0.1) is 0 Å². The maximum absolute atomic E-state index is 13.0. The van der Waals surface area contributed by atoms with Crippen LogP contribution < -0.4 is 5.32 Å². The average molecular weight is 420 g/mol. The number of carbonyl (C=O) groups is 1. The number of benzene rings is 1. The number of nitrogens with zero attached hydrogens (tertiary/aromatic N) is 4. The number of anilines is 1. The number of hydrogen-bond acceptors (Lipinski definition) is 4. The van der Waals surface area contributed by atoms with E-state index in [9.17, 15) is 4.79 Å². The van der Waals surface area contributed by atoms with Crippen molar-refractivity contribution < 1.29 is 4.79 Å². The molecule has 4 aromatic heterocycles. The molecular formula is C21H18ClN7O. The summed E-state index contributed by atoms with van der Waals surface area (Å²) < 4.78 is 1.57. The van der Waals surface area contributed by atoms with E-state index in [4.69, 9.17) is 11.6 Å². The number of rotatable bonds is 4. The Hall–Kier alpha value is -3.65. The molecule has 1 amide bonds. The summed E-state index contributed by atoms with van der Waals surface area (Å²) in [5.41, 5.74) is 5.57. The SMILES string of the molecule is CCn1ncc(Cl)c1C(=O)Nc1cc(-c2ccnc3[nH]c(C)cc23)cc2[nH]ncc12. The van der Waals surface area contributed by atoms with Gasteiger partial charge >= 0.3 is 0 Å². The lowest BCUT2D eigenvalue weighted by atomic mass is 10.0. The molecule has 0 aliphatic rings. The van der Waals surface area contributed by atoms with Crippen molar-refractivity contribution in [3.05, 3.63) is 59.3 Å². The van der Waals surface area contributed by atoms with Crippen molar-refractivity contribution in [3.8, 4) is 11.1 Å². The molecule has 0 saturated heterocycles. The van der Waals surface area contributed by atoms with Crippen molar-refractivity contribution in [2.75, 3.05) is 5.32 Å². The van der Waals surface area contributed by atoms with E-state index in [1.165, 1.54) is 6.20 Å². The first-order valence-electron chi connectivity index (χ1n) is 9.49. The lowest BCUT2D eigenvalue weighted by Crippen LogP contribution is -2.18. The number of hydrogen-bond donors (Lipinski definition) is 3. The molecule has 9 heteroatoms. The molecule has 0 saturated carbocycles. The number of fused-ring (bicyclic) bond motifs is 2. The van der Waals surface area contributed by atoms with E-state index in [0.717, 1.165) is 38.8 Å². The summed E-state index contributed by atoms with van der Waals surface area (Å²) in [6.45, 7) is 4.44. The highest BCUT2D eigenvalue weighted by Gasteiger charge is 2.19. The van der Waals surface area contributed by atoms with E-state index in [1.54, 1.807) is 17.1 Å². The Morgan fingerprint density at radius 1 is 1.23 bits per heavy atom. The van der Waals surface area contributed by atoms with Crippen LogP contribution in [0.1, 0.15) is 23.1 Å². The van der Waals surface area contributed by atoms with Crippen LogP contribution in [0.15, 0.2) is 42.9 Å². The van der Waals surface area contributed by atoms with Gasteiger partial charge in [0.25, 0.3) is 5.91 Å². The molecule has 0 atom stereocenters. The highest BCUT2D eigenvalue weighted by atomic mass is 35.5. The van der Waals surface area contributed by atoms with E-state index in [-0.39, 0.29) is 5.91 Å². The number of amides is 1. The van der Waals surface area contributed by atoms with Crippen LogP contribution in [-0.2, 0) is 6.54 Å². The molecule has 30 heavy (non-hydrogen) atoms. The minimum atomic E-state index is -0.323. The van der Waals surface area contributed by atoms with Crippen LogP contribution in [0, 0.1) is 6.92 Å². The summed E-state index contributed by atoms with van der Waals surface area (Å²) in [6, 6.07) is 7.97. The van der Waals surface area contributed by atoms with Gasteiger partial charge in [0.15, 0.2) is 0 Å². The number of aryl methyl sites for hydroxylation is 2. The second-order valence-corrected chi connectivity index (χ2v) is 7.45. The third-order valence-electron chi connectivity index (χ3n) is 5.09. The van der Waals surface area contributed by atoms with Crippen molar-refractivity contribution >= 4 is 45.1 Å². The van der Waals surface area contributed by atoms with Gasteiger partial charge in [-0.2, -0.15) is 10.2 Å². The van der Waals surface area contributed by atoms with Crippen molar-refractivity contribution in [1.82, 2.24) is 29.9 Å². The topological polar surface area (TPSA) is 104 Å². The molecule has 150 valence electrons. The van der Waals surface area contributed by atoms with E-state index < -0.39 is 0 Å². The van der Waals surface area contributed by atoms with Gasteiger partial charge in [-0.1, -0.05) is 11.6 Å². The number of H-pyrrole nitrogens is 2. The summed E-state index contributed by atoms with van der Waals surface area (Å²) >= 11 is 6.20. The number of nitrogens with one attached hydrogen (secondary N) is 3. The average Bonchev–Trinajstić information content (AvgIpc) is 3.44. The van der Waals surface area contributed by atoms with Gasteiger partial charge in [0.05, 0.1) is 28.6 Å². The molecule has 1 aromatic carbocycles. The van der Waals surface area contributed by atoms with Crippen molar-refractivity contribution in [2.24, 2.45) is 0 Å². The van der Waals surface area contributed by atoms with Gasteiger partial charge in [0, 0.05) is 29.2 Å². The van der Waals surface area contributed by atoms with E-state index in [0.29, 0.717) is 22.9 Å². The molecular weight excluding hydrogens is 402 g/mol. The predicted octanol–water partition coefficient (Wildman–Crippen LogP) is 4.54. The summed E-state index contributed by atoms with van der Waals surface area (Å²) in [5.74, 6) is -0.323. The molecule has 4 heterocycles. The van der Waals surface area contributed by atoms with Crippen LogP contribution >= 0.6 is 11.6 Å². The van der Waals surface area contributed by atoms with Gasteiger partial charge in [-0.3, -0.25) is 14.6 Å². The molecule has 5 rings (SSSR count). The summed E-state index contributed by atoms with van der Waals surface area (Å²) in [7, 11) is 0. The lowest BCUT2D eigenvalue weighted by Gasteiger charge is -2.11. The third kappa shape index (κ3) is 2.93. The Morgan fingerprint density at radius 3 is 2.93 bits per heavy atom. The van der Waals surface area contributed by atoms with E-state index >= 15 is 0 Å². The van der Waals surface area contributed by atoms with E-state index in [1.807, 2.05) is 32.0 Å². The van der Waals surface area contributed by atoms with E-state index in [2.05, 4.69) is 36.6 Å². The fourth-order valence-electron chi connectivity index (χ4n) is 3.73. The molecule has 3 N–H and O–H groups in total. The largest absolute Gasteiger partial charge is 0.344 e. The molecule has 5 aromatic rings. The zero-order valence-electron chi connectivity index (χ0n) is 16.3. The minimum Gasteiger partial charge on any atom is -0.344 e.